The van der Waals surface area contributed by atoms with Gasteiger partial charge >= 0.3 is 5.97 Å². The molecule has 0 saturated heterocycles. The Morgan fingerprint density at radius 2 is 2.14 bits per heavy atom. The third-order valence-corrected chi connectivity index (χ3v) is 4.93. The summed E-state index contributed by atoms with van der Waals surface area (Å²) in [4.78, 5) is 17.2. The molecule has 0 bridgehead atoms. The van der Waals surface area contributed by atoms with Crippen molar-refractivity contribution in [3.05, 3.63) is 59.4 Å². The third-order valence-electron chi connectivity index (χ3n) is 4.93. The van der Waals surface area contributed by atoms with Gasteiger partial charge in [0, 0.05) is 12.0 Å². The number of esters is 1. The van der Waals surface area contributed by atoms with Crippen LogP contribution in [0.25, 0.3) is 11.0 Å². The SMILES string of the molecule is CCOC(=O)c1nc2ccccc2n1[C@@H]1CC(C)(C)Oc2ccc(C#N)cc21. The molecule has 1 atom stereocenters. The number of carbonyl (C=O) groups is 1. The van der Waals surface area contributed by atoms with Gasteiger partial charge in [0.25, 0.3) is 0 Å². The predicted molar refractivity (Wildman–Crippen MR) is 104 cm³/mol. The number of carbonyl (C=O) groups excluding carboxylic acids is 1. The molecular weight excluding hydrogens is 354 g/mol. The van der Waals surface area contributed by atoms with Crippen molar-refractivity contribution in [3.8, 4) is 11.8 Å². The summed E-state index contributed by atoms with van der Waals surface area (Å²) in [6.07, 6.45) is 0.627. The normalized spacial score (nSPS) is 17.4. The summed E-state index contributed by atoms with van der Waals surface area (Å²) in [7, 11) is 0. The van der Waals surface area contributed by atoms with Crippen LogP contribution in [0.5, 0.6) is 5.75 Å². The van der Waals surface area contributed by atoms with Crippen LogP contribution < -0.4 is 4.74 Å². The van der Waals surface area contributed by atoms with Crippen molar-refractivity contribution in [1.29, 1.82) is 5.26 Å². The molecule has 142 valence electrons. The van der Waals surface area contributed by atoms with Crippen LogP contribution in [0.4, 0.5) is 0 Å². The molecule has 0 fully saturated rings. The standard InChI is InChI=1S/C22H21N3O3/c1-4-27-21(26)20-24-16-7-5-6-8-17(16)25(20)18-12-22(2,3)28-19-10-9-14(13-23)11-15(18)19/h5-11,18H,4,12H2,1-3H3/t18-/m1/s1. The van der Waals surface area contributed by atoms with Gasteiger partial charge in [0.2, 0.25) is 5.82 Å². The van der Waals surface area contributed by atoms with E-state index in [2.05, 4.69) is 11.1 Å². The summed E-state index contributed by atoms with van der Waals surface area (Å²) < 4.78 is 13.3. The minimum Gasteiger partial charge on any atom is -0.487 e. The van der Waals surface area contributed by atoms with Gasteiger partial charge < -0.3 is 14.0 Å². The van der Waals surface area contributed by atoms with E-state index >= 15 is 0 Å². The maximum Gasteiger partial charge on any atom is 0.374 e. The number of rotatable bonds is 3. The van der Waals surface area contributed by atoms with E-state index in [1.807, 2.05) is 54.8 Å². The van der Waals surface area contributed by atoms with Crippen LogP contribution in [-0.4, -0.2) is 27.7 Å². The van der Waals surface area contributed by atoms with Crippen LogP contribution in [0.15, 0.2) is 42.5 Å². The summed E-state index contributed by atoms with van der Waals surface area (Å²) in [5.74, 6) is 0.521. The van der Waals surface area contributed by atoms with Crippen molar-refractivity contribution in [2.75, 3.05) is 6.61 Å². The fourth-order valence-corrected chi connectivity index (χ4v) is 3.82. The topological polar surface area (TPSA) is 77.1 Å². The van der Waals surface area contributed by atoms with E-state index in [-0.39, 0.29) is 18.5 Å². The number of ether oxygens (including phenoxy) is 2. The minimum absolute atomic E-state index is 0.209. The lowest BCUT2D eigenvalue weighted by molar-refractivity contribution is 0.0480. The first-order valence-electron chi connectivity index (χ1n) is 9.30. The van der Waals surface area contributed by atoms with Gasteiger partial charge in [-0.3, -0.25) is 0 Å². The number of para-hydroxylation sites is 2. The Labute approximate surface area is 163 Å². The van der Waals surface area contributed by atoms with Crippen molar-refractivity contribution in [2.24, 2.45) is 0 Å². The highest BCUT2D eigenvalue weighted by Crippen LogP contribution is 2.43. The molecule has 6 nitrogen and oxygen atoms in total. The first-order valence-corrected chi connectivity index (χ1v) is 9.30. The Balaban J connectivity index is 1.98. The zero-order valence-corrected chi connectivity index (χ0v) is 16.1. The predicted octanol–water partition coefficient (Wildman–Crippen LogP) is 4.24. The second-order valence-electron chi connectivity index (χ2n) is 7.46. The van der Waals surface area contributed by atoms with Gasteiger partial charge in [0.05, 0.1) is 35.3 Å². The molecule has 0 aliphatic carbocycles. The largest absolute Gasteiger partial charge is 0.487 e. The Bertz CT molecular complexity index is 1110. The summed E-state index contributed by atoms with van der Waals surface area (Å²) in [6.45, 7) is 6.09. The molecule has 0 unspecified atom stereocenters. The molecule has 6 heteroatoms. The molecule has 4 rings (SSSR count). The number of nitrogens with zero attached hydrogens (tertiary/aromatic N) is 3. The molecule has 2 heterocycles. The van der Waals surface area contributed by atoms with Crippen LogP contribution in [0.2, 0.25) is 0 Å². The molecule has 0 radical (unpaired) electrons. The molecule has 2 aromatic carbocycles. The van der Waals surface area contributed by atoms with E-state index in [0.29, 0.717) is 17.7 Å². The maximum absolute atomic E-state index is 12.7. The molecule has 0 N–H and O–H groups in total. The maximum atomic E-state index is 12.7. The average molecular weight is 375 g/mol. The van der Waals surface area contributed by atoms with Crippen LogP contribution in [-0.2, 0) is 4.74 Å². The van der Waals surface area contributed by atoms with Gasteiger partial charge in [-0.25, -0.2) is 9.78 Å². The first-order chi connectivity index (χ1) is 13.4. The van der Waals surface area contributed by atoms with Crippen molar-refractivity contribution in [3.63, 3.8) is 0 Å². The highest BCUT2D eigenvalue weighted by molar-refractivity contribution is 5.91. The Hall–Kier alpha value is -3.33. The molecule has 28 heavy (non-hydrogen) atoms. The number of fused-ring (bicyclic) bond motifs is 2. The van der Waals surface area contributed by atoms with E-state index in [4.69, 9.17) is 9.47 Å². The molecule has 1 aliphatic rings. The smallest absolute Gasteiger partial charge is 0.374 e. The number of benzene rings is 2. The Kier molecular flexibility index (Phi) is 4.31. The van der Waals surface area contributed by atoms with Crippen LogP contribution in [0, 0.1) is 11.3 Å². The number of hydrogen-bond acceptors (Lipinski definition) is 5. The van der Waals surface area contributed by atoms with E-state index in [1.165, 1.54) is 0 Å². The van der Waals surface area contributed by atoms with Gasteiger partial charge in [-0.1, -0.05) is 12.1 Å². The van der Waals surface area contributed by atoms with Gasteiger partial charge in [-0.2, -0.15) is 5.26 Å². The van der Waals surface area contributed by atoms with E-state index < -0.39 is 11.6 Å². The van der Waals surface area contributed by atoms with Crippen molar-refractivity contribution in [1.82, 2.24) is 9.55 Å². The second-order valence-corrected chi connectivity index (χ2v) is 7.46. The molecular formula is C22H21N3O3. The van der Waals surface area contributed by atoms with Gasteiger partial charge in [-0.05, 0) is 51.1 Å². The summed E-state index contributed by atoms with van der Waals surface area (Å²) in [5, 5.41) is 9.36. The molecule has 0 spiro atoms. The molecule has 0 saturated carbocycles. The number of aromatic nitrogens is 2. The minimum atomic E-state index is -0.457. The zero-order valence-electron chi connectivity index (χ0n) is 16.1. The summed E-state index contributed by atoms with van der Waals surface area (Å²) in [6, 6.07) is 15.0. The van der Waals surface area contributed by atoms with Crippen molar-refractivity contribution in [2.45, 2.75) is 38.8 Å². The fraction of sp³-hybridized carbons (Fsp3) is 0.318. The van der Waals surface area contributed by atoms with E-state index in [1.54, 1.807) is 13.0 Å². The fourth-order valence-electron chi connectivity index (χ4n) is 3.82. The van der Waals surface area contributed by atoms with Gasteiger partial charge in [0.15, 0.2) is 0 Å². The highest BCUT2D eigenvalue weighted by atomic mass is 16.5. The number of imidazole rings is 1. The molecule has 1 aliphatic heterocycles. The zero-order chi connectivity index (χ0) is 19.9. The van der Waals surface area contributed by atoms with Gasteiger partial charge in [-0.15, -0.1) is 0 Å². The lowest BCUT2D eigenvalue weighted by Crippen LogP contribution is -2.37. The van der Waals surface area contributed by atoms with Crippen molar-refractivity contribution < 1.29 is 14.3 Å². The summed E-state index contributed by atoms with van der Waals surface area (Å²) in [5.41, 5.74) is 2.55. The quantitative estimate of drug-likeness (QED) is 0.640. The molecule has 1 aromatic heterocycles. The van der Waals surface area contributed by atoms with E-state index in [9.17, 15) is 10.1 Å². The average Bonchev–Trinajstić information content (AvgIpc) is 3.06. The summed E-state index contributed by atoms with van der Waals surface area (Å²) >= 11 is 0. The second kappa shape index (κ2) is 6.68. The van der Waals surface area contributed by atoms with Gasteiger partial charge in [0.1, 0.15) is 11.4 Å². The highest BCUT2D eigenvalue weighted by Gasteiger charge is 2.37. The molecule has 3 aromatic rings. The van der Waals surface area contributed by atoms with Crippen LogP contribution >= 0.6 is 0 Å². The monoisotopic (exact) mass is 375 g/mol. The van der Waals surface area contributed by atoms with Crippen LogP contribution in [0.3, 0.4) is 0 Å². The molecule has 0 amide bonds. The van der Waals surface area contributed by atoms with Crippen molar-refractivity contribution >= 4 is 17.0 Å². The Morgan fingerprint density at radius 1 is 1.36 bits per heavy atom. The lowest BCUT2D eigenvalue weighted by Gasteiger charge is -2.38. The van der Waals surface area contributed by atoms with E-state index in [0.717, 1.165) is 16.6 Å². The number of nitriles is 1. The Morgan fingerprint density at radius 3 is 2.89 bits per heavy atom. The first kappa shape index (κ1) is 18.1. The number of hydrogen-bond donors (Lipinski definition) is 0. The van der Waals surface area contributed by atoms with Crippen LogP contribution in [0.1, 0.15) is 55.0 Å². The third kappa shape index (κ3) is 2.99. The lowest BCUT2D eigenvalue weighted by atomic mass is 9.88.